The highest BCUT2D eigenvalue weighted by Gasteiger charge is 2.50. The summed E-state index contributed by atoms with van der Waals surface area (Å²) in [6, 6.07) is 26.6. The maximum atomic E-state index is 13.7. The highest BCUT2D eigenvalue weighted by atomic mass is 16.2. The first-order valence-electron chi connectivity index (χ1n) is 11.8. The van der Waals surface area contributed by atoms with Gasteiger partial charge in [-0.25, -0.2) is 0 Å². The Labute approximate surface area is 195 Å². The van der Waals surface area contributed by atoms with Crippen LogP contribution < -0.4 is 0 Å². The number of likely N-dealkylation sites (tertiary alicyclic amines) is 1. The highest BCUT2D eigenvalue weighted by Crippen LogP contribution is 2.49. The van der Waals surface area contributed by atoms with E-state index < -0.39 is 0 Å². The third kappa shape index (κ3) is 4.04. The summed E-state index contributed by atoms with van der Waals surface area (Å²) < 4.78 is 0. The molecule has 5 rings (SSSR count). The maximum absolute atomic E-state index is 13.7. The average molecular weight is 436 g/mol. The number of fused-ring (bicyclic) bond motifs is 1. The van der Waals surface area contributed by atoms with Gasteiger partial charge in [-0.3, -0.25) is 9.59 Å². The number of hydrogen-bond acceptors (Lipinski definition) is 2. The van der Waals surface area contributed by atoms with E-state index in [0.717, 1.165) is 28.7 Å². The number of allylic oxidation sites excluding steroid dienone is 1. The smallest absolute Gasteiger partial charge is 0.227 e. The molecule has 0 radical (unpaired) electrons. The minimum Gasteiger partial charge on any atom is -0.330 e. The van der Waals surface area contributed by atoms with Gasteiger partial charge in [-0.15, -0.1) is 0 Å². The average Bonchev–Trinajstić information content (AvgIpc) is 3.12. The third-order valence-electron chi connectivity index (χ3n) is 7.21. The van der Waals surface area contributed by atoms with Crippen LogP contribution in [0.3, 0.4) is 0 Å². The summed E-state index contributed by atoms with van der Waals surface area (Å²) in [7, 11) is 0. The van der Waals surface area contributed by atoms with E-state index in [4.69, 9.17) is 0 Å². The number of rotatable bonds is 5. The molecule has 1 heterocycles. The zero-order valence-corrected chi connectivity index (χ0v) is 19.1. The lowest BCUT2D eigenvalue weighted by Gasteiger charge is -2.30. The monoisotopic (exact) mass is 435 g/mol. The second-order valence-corrected chi connectivity index (χ2v) is 9.40. The van der Waals surface area contributed by atoms with Crippen molar-refractivity contribution in [3.63, 3.8) is 0 Å². The Kier molecular flexibility index (Phi) is 5.72. The Hall–Kier alpha value is -3.46. The Bertz CT molecular complexity index is 1200. The van der Waals surface area contributed by atoms with E-state index in [2.05, 4.69) is 60.4 Å². The van der Waals surface area contributed by atoms with Crippen molar-refractivity contribution in [3.05, 3.63) is 108 Å². The topological polar surface area (TPSA) is 37.4 Å². The van der Waals surface area contributed by atoms with Gasteiger partial charge in [-0.1, -0.05) is 91.9 Å². The molecule has 1 aliphatic carbocycles. The molecule has 3 heteroatoms. The molecule has 0 bridgehead atoms. The van der Waals surface area contributed by atoms with Crippen LogP contribution in [0.4, 0.5) is 0 Å². The van der Waals surface area contributed by atoms with Crippen LogP contribution in [0, 0.1) is 17.8 Å². The van der Waals surface area contributed by atoms with E-state index in [9.17, 15) is 9.59 Å². The van der Waals surface area contributed by atoms with Gasteiger partial charge in [0.2, 0.25) is 5.91 Å². The van der Waals surface area contributed by atoms with Crippen molar-refractivity contribution in [1.82, 2.24) is 4.90 Å². The fourth-order valence-electron chi connectivity index (χ4n) is 5.50. The van der Waals surface area contributed by atoms with Gasteiger partial charge in [0.25, 0.3) is 0 Å². The number of benzene rings is 3. The molecule has 4 atom stereocenters. The first kappa shape index (κ1) is 21.4. The molecule has 1 aliphatic heterocycles. The Morgan fingerprint density at radius 1 is 0.939 bits per heavy atom. The van der Waals surface area contributed by atoms with Gasteiger partial charge in [0.05, 0.1) is 6.04 Å². The van der Waals surface area contributed by atoms with Crippen LogP contribution in [0.2, 0.25) is 0 Å². The van der Waals surface area contributed by atoms with Crippen molar-refractivity contribution < 1.29 is 9.59 Å². The molecule has 0 spiro atoms. The zero-order valence-electron chi connectivity index (χ0n) is 19.1. The van der Waals surface area contributed by atoms with Crippen molar-refractivity contribution in [1.29, 1.82) is 0 Å². The van der Waals surface area contributed by atoms with Gasteiger partial charge in [-0.05, 0) is 47.6 Å². The van der Waals surface area contributed by atoms with Crippen molar-refractivity contribution >= 4 is 11.7 Å². The first-order chi connectivity index (χ1) is 16.0. The largest absolute Gasteiger partial charge is 0.330 e. The number of nitrogens with zero attached hydrogens (tertiary/aromatic N) is 1. The molecular formula is C30H29NO2. The molecule has 166 valence electrons. The van der Waals surface area contributed by atoms with Crippen LogP contribution in [0.25, 0.3) is 11.1 Å². The summed E-state index contributed by atoms with van der Waals surface area (Å²) in [6.07, 6.45) is 5.48. The minimum absolute atomic E-state index is 0.0122. The standard InChI is InChI=1S/C30H29NO2/c1-20-8-6-13-27-28(20)30(33)31(19-22-9-4-3-5-10-22)29(27)26-12-7-11-25(18-26)24-16-14-23(15-17-24)21(2)32/h3-7,9-18,20,27-29H,8,19H2,1-2H3/t20-,27+,28+,29-/m0/s1. The normalized spacial score (nSPS) is 24.1. The summed E-state index contributed by atoms with van der Waals surface area (Å²) in [5.41, 5.74) is 5.21. The van der Waals surface area contributed by atoms with Crippen molar-refractivity contribution in [2.24, 2.45) is 17.8 Å². The number of ketones is 1. The van der Waals surface area contributed by atoms with E-state index in [-0.39, 0.29) is 29.6 Å². The molecule has 3 aromatic carbocycles. The molecule has 0 aromatic heterocycles. The number of Topliss-reactive ketones (excluding diaryl/α,β-unsaturated/α-hetero) is 1. The summed E-state index contributed by atoms with van der Waals surface area (Å²) >= 11 is 0. The number of carbonyl (C=O) groups excluding carboxylic acids is 2. The van der Waals surface area contributed by atoms with E-state index in [1.54, 1.807) is 6.92 Å². The van der Waals surface area contributed by atoms with Gasteiger partial charge in [-0.2, -0.15) is 0 Å². The molecule has 1 fully saturated rings. The second kappa shape index (κ2) is 8.82. The van der Waals surface area contributed by atoms with Crippen LogP contribution in [-0.2, 0) is 11.3 Å². The molecule has 0 N–H and O–H groups in total. The van der Waals surface area contributed by atoms with Gasteiger partial charge in [0, 0.05) is 23.9 Å². The van der Waals surface area contributed by atoms with Gasteiger partial charge >= 0.3 is 0 Å². The molecule has 0 unspecified atom stereocenters. The Morgan fingerprint density at radius 3 is 2.42 bits per heavy atom. The van der Waals surface area contributed by atoms with E-state index in [1.807, 2.05) is 42.5 Å². The van der Waals surface area contributed by atoms with Gasteiger partial charge in [0.15, 0.2) is 5.78 Å². The van der Waals surface area contributed by atoms with Crippen LogP contribution in [-0.4, -0.2) is 16.6 Å². The summed E-state index contributed by atoms with van der Waals surface area (Å²) in [4.78, 5) is 27.4. The first-order valence-corrected chi connectivity index (χ1v) is 11.8. The van der Waals surface area contributed by atoms with E-state index in [0.29, 0.717) is 12.5 Å². The van der Waals surface area contributed by atoms with Crippen LogP contribution >= 0.6 is 0 Å². The maximum Gasteiger partial charge on any atom is 0.227 e. The fraction of sp³-hybridized carbons (Fsp3) is 0.267. The molecule has 2 aliphatic rings. The molecule has 1 saturated heterocycles. The fourth-order valence-corrected chi connectivity index (χ4v) is 5.50. The van der Waals surface area contributed by atoms with Crippen LogP contribution in [0.1, 0.15) is 47.8 Å². The van der Waals surface area contributed by atoms with Crippen molar-refractivity contribution in [2.45, 2.75) is 32.9 Å². The van der Waals surface area contributed by atoms with Crippen molar-refractivity contribution in [3.8, 4) is 11.1 Å². The third-order valence-corrected chi connectivity index (χ3v) is 7.21. The summed E-state index contributed by atoms with van der Waals surface area (Å²) in [5.74, 6) is 0.892. The quantitative estimate of drug-likeness (QED) is 0.340. The molecule has 3 nitrogen and oxygen atoms in total. The minimum atomic E-state index is 0.0122. The van der Waals surface area contributed by atoms with Gasteiger partial charge in [0.1, 0.15) is 0 Å². The molecular weight excluding hydrogens is 406 g/mol. The molecule has 33 heavy (non-hydrogen) atoms. The second-order valence-electron chi connectivity index (χ2n) is 9.40. The SMILES string of the molecule is CC(=O)c1ccc(-c2cccc([C@H]3[C@@H]4C=CC[C@H](C)[C@H]4C(=O)N3Cc3ccccc3)c2)cc1. The highest BCUT2D eigenvalue weighted by molar-refractivity contribution is 5.94. The molecule has 0 saturated carbocycles. The van der Waals surface area contributed by atoms with E-state index in [1.165, 1.54) is 5.56 Å². The van der Waals surface area contributed by atoms with Crippen molar-refractivity contribution in [2.75, 3.05) is 0 Å². The van der Waals surface area contributed by atoms with E-state index >= 15 is 0 Å². The lowest BCUT2D eigenvalue weighted by atomic mass is 9.75. The zero-order chi connectivity index (χ0) is 22.9. The number of amides is 1. The number of carbonyl (C=O) groups is 2. The van der Waals surface area contributed by atoms with Crippen LogP contribution in [0.5, 0.6) is 0 Å². The predicted octanol–water partition coefficient (Wildman–Crippen LogP) is 6.47. The number of hydrogen-bond donors (Lipinski definition) is 0. The molecule has 3 aromatic rings. The lowest BCUT2D eigenvalue weighted by molar-refractivity contribution is -0.134. The Balaban J connectivity index is 1.54. The lowest BCUT2D eigenvalue weighted by Crippen LogP contribution is -2.30. The predicted molar refractivity (Wildman–Crippen MR) is 132 cm³/mol. The van der Waals surface area contributed by atoms with Gasteiger partial charge < -0.3 is 4.90 Å². The van der Waals surface area contributed by atoms with Crippen LogP contribution in [0.15, 0.2) is 91.0 Å². The summed E-state index contributed by atoms with van der Waals surface area (Å²) in [5, 5.41) is 0. The molecule has 1 amide bonds. The summed E-state index contributed by atoms with van der Waals surface area (Å²) in [6.45, 7) is 4.41. The Morgan fingerprint density at radius 2 is 1.70 bits per heavy atom.